The van der Waals surface area contributed by atoms with Crippen molar-refractivity contribution in [2.75, 3.05) is 0 Å². The molecule has 0 N–H and O–H groups in total. The van der Waals surface area contributed by atoms with E-state index in [4.69, 9.17) is 40.2 Å². The lowest BCUT2D eigenvalue weighted by Gasteiger charge is -2.23. The highest BCUT2D eigenvalue weighted by molar-refractivity contribution is 8.22. The average Bonchev–Trinajstić information content (AvgIpc) is 3.21. The zero-order chi connectivity index (χ0) is 19.2. The smallest absolute Gasteiger partial charge is 0.221 e. The van der Waals surface area contributed by atoms with E-state index in [1.807, 2.05) is 24.3 Å². The van der Waals surface area contributed by atoms with Crippen LogP contribution in [-0.2, 0) is 11.3 Å². The highest BCUT2D eigenvalue weighted by atomic mass is 35.5. The number of alkyl halides is 1. The lowest BCUT2D eigenvalue weighted by molar-refractivity contribution is 0.310. The summed E-state index contributed by atoms with van der Waals surface area (Å²) in [4.78, 5) is 4.05. The van der Waals surface area contributed by atoms with Crippen LogP contribution in [0.3, 0.4) is 0 Å². The van der Waals surface area contributed by atoms with Gasteiger partial charge in [0.2, 0.25) is 4.38 Å². The summed E-state index contributed by atoms with van der Waals surface area (Å²) in [6.07, 6.45) is 5.12. The second-order valence-electron chi connectivity index (χ2n) is 5.64. The minimum Gasteiger partial charge on any atom is -0.474 e. The Hall–Kier alpha value is -1.60. The minimum atomic E-state index is -0.425. The van der Waals surface area contributed by atoms with Crippen molar-refractivity contribution in [2.45, 2.75) is 17.4 Å². The molecule has 0 aliphatic rings. The molecule has 0 aliphatic heterocycles. The van der Waals surface area contributed by atoms with Crippen molar-refractivity contribution < 1.29 is 9.13 Å². The molecular formula is C19H15Cl2FN2OS2. The molecule has 1 heterocycles. The molecule has 3 rings (SSSR count). The molecule has 0 radical (unpaired) electrons. The van der Waals surface area contributed by atoms with Gasteiger partial charge in [-0.1, -0.05) is 59.2 Å². The Labute approximate surface area is 176 Å². The first-order valence-corrected chi connectivity index (χ1v) is 10.1. The third-order valence-corrected chi connectivity index (χ3v) is 6.13. The van der Waals surface area contributed by atoms with Crippen molar-refractivity contribution in [1.29, 1.82) is 0 Å². The Balaban J connectivity index is 1.71. The molecule has 0 aliphatic carbocycles. The molecule has 1 aromatic heterocycles. The van der Waals surface area contributed by atoms with Gasteiger partial charge in [-0.25, -0.2) is 9.37 Å². The lowest BCUT2D eigenvalue weighted by Crippen LogP contribution is -2.12. The second-order valence-corrected chi connectivity index (χ2v) is 8.26. The molecular weight excluding hydrogens is 426 g/mol. The first-order chi connectivity index (χ1) is 13.0. The van der Waals surface area contributed by atoms with Crippen LogP contribution in [0, 0.1) is 5.82 Å². The number of imidazole rings is 1. The first kappa shape index (κ1) is 20.1. The van der Waals surface area contributed by atoms with E-state index < -0.39 is 5.50 Å². The van der Waals surface area contributed by atoms with E-state index in [2.05, 4.69) is 4.98 Å². The number of thiocarbonyl (C=S) groups is 1. The number of thioether (sulfide) groups is 1. The zero-order valence-corrected chi connectivity index (χ0v) is 17.1. The number of nitrogens with zero attached hydrogens (tertiary/aromatic N) is 2. The maximum atomic E-state index is 13.0. The second kappa shape index (κ2) is 9.55. The van der Waals surface area contributed by atoms with Gasteiger partial charge < -0.3 is 9.30 Å². The normalized spacial score (nSPS) is 13.1. The van der Waals surface area contributed by atoms with E-state index in [0.29, 0.717) is 9.41 Å². The highest BCUT2D eigenvalue weighted by Gasteiger charge is 2.25. The molecule has 3 nitrogen and oxygen atoms in total. The van der Waals surface area contributed by atoms with Crippen molar-refractivity contribution in [2.24, 2.45) is 0 Å². The molecule has 0 fully saturated rings. The Kier molecular flexibility index (Phi) is 7.13. The maximum absolute atomic E-state index is 13.0. The molecule has 3 aromatic rings. The van der Waals surface area contributed by atoms with Gasteiger partial charge in [-0.05, 0) is 47.6 Å². The lowest BCUT2D eigenvalue weighted by atomic mass is 10.1. The van der Waals surface area contributed by atoms with Gasteiger partial charge in [0.15, 0.2) is 0 Å². The monoisotopic (exact) mass is 440 g/mol. The highest BCUT2D eigenvalue weighted by Crippen LogP contribution is 2.42. The van der Waals surface area contributed by atoms with Gasteiger partial charge in [-0.3, -0.25) is 0 Å². The SMILES string of the molecule is Fc1ccc(COC(=S)SC(c2ccc(Cl)cc2)C(Cl)n2ccnc2)cc1. The van der Waals surface area contributed by atoms with Gasteiger partial charge in [0.25, 0.3) is 0 Å². The fourth-order valence-electron chi connectivity index (χ4n) is 2.37. The van der Waals surface area contributed by atoms with Crippen molar-refractivity contribution in [3.05, 3.63) is 89.2 Å². The number of benzene rings is 2. The predicted octanol–water partition coefficient (Wildman–Crippen LogP) is 6.39. The van der Waals surface area contributed by atoms with Gasteiger partial charge >= 0.3 is 0 Å². The largest absolute Gasteiger partial charge is 0.474 e. The summed E-state index contributed by atoms with van der Waals surface area (Å²) in [5.41, 5.74) is 1.37. The van der Waals surface area contributed by atoms with Gasteiger partial charge in [0, 0.05) is 17.4 Å². The molecule has 0 saturated carbocycles. The van der Waals surface area contributed by atoms with Crippen LogP contribution in [-0.4, -0.2) is 13.9 Å². The van der Waals surface area contributed by atoms with Crippen LogP contribution >= 0.6 is 47.2 Å². The van der Waals surface area contributed by atoms with E-state index >= 15 is 0 Å². The van der Waals surface area contributed by atoms with Crippen LogP contribution in [0.1, 0.15) is 21.9 Å². The van der Waals surface area contributed by atoms with Crippen molar-refractivity contribution in [3.8, 4) is 0 Å². The third-order valence-electron chi connectivity index (χ3n) is 3.75. The van der Waals surface area contributed by atoms with Crippen LogP contribution in [0.4, 0.5) is 4.39 Å². The first-order valence-electron chi connectivity index (χ1n) is 7.98. The van der Waals surface area contributed by atoms with Gasteiger partial charge in [0.1, 0.15) is 17.9 Å². The van der Waals surface area contributed by atoms with E-state index in [0.717, 1.165) is 11.1 Å². The van der Waals surface area contributed by atoms with Crippen molar-refractivity contribution >= 4 is 51.6 Å². The van der Waals surface area contributed by atoms with E-state index in [1.165, 1.54) is 23.9 Å². The summed E-state index contributed by atoms with van der Waals surface area (Å²) in [6.45, 7) is 0.261. The quantitative estimate of drug-likeness (QED) is 0.327. The fraction of sp³-hybridized carbons (Fsp3) is 0.158. The predicted molar refractivity (Wildman–Crippen MR) is 113 cm³/mol. The summed E-state index contributed by atoms with van der Waals surface area (Å²) < 4.78 is 20.8. The Bertz CT molecular complexity index is 874. The number of ether oxygens (including phenoxy) is 1. The average molecular weight is 441 g/mol. The van der Waals surface area contributed by atoms with Gasteiger partial charge in [-0.15, -0.1) is 0 Å². The van der Waals surface area contributed by atoms with Crippen LogP contribution in [0.2, 0.25) is 5.02 Å². The summed E-state index contributed by atoms with van der Waals surface area (Å²) >= 11 is 19.4. The van der Waals surface area contributed by atoms with Crippen molar-refractivity contribution in [1.82, 2.24) is 9.55 Å². The molecule has 27 heavy (non-hydrogen) atoms. The molecule has 0 amide bonds. The van der Waals surface area contributed by atoms with Gasteiger partial charge in [-0.2, -0.15) is 0 Å². The number of rotatable bonds is 6. The molecule has 0 spiro atoms. The fourth-order valence-corrected chi connectivity index (χ4v) is 4.16. The van der Waals surface area contributed by atoms with Gasteiger partial charge in [0.05, 0.1) is 11.6 Å². The number of halogens is 3. The summed E-state index contributed by atoms with van der Waals surface area (Å²) in [5.74, 6) is -0.288. The maximum Gasteiger partial charge on any atom is 0.221 e. The number of hydrogen-bond acceptors (Lipinski definition) is 4. The molecule has 0 saturated heterocycles. The molecule has 2 unspecified atom stereocenters. The minimum absolute atomic E-state index is 0.209. The van der Waals surface area contributed by atoms with Crippen LogP contribution in [0.25, 0.3) is 0 Å². The third kappa shape index (κ3) is 5.69. The van der Waals surface area contributed by atoms with E-state index in [1.54, 1.807) is 35.4 Å². The summed E-state index contributed by atoms with van der Waals surface area (Å²) in [5, 5.41) is 0.435. The van der Waals surface area contributed by atoms with Crippen LogP contribution < -0.4 is 0 Å². The van der Waals surface area contributed by atoms with Crippen LogP contribution in [0.5, 0.6) is 0 Å². The van der Waals surface area contributed by atoms with Crippen molar-refractivity contribution in [3.63, 3.8) is 0 Å². The topological polar surface area (TPSA) is 27.1 Å². The summed E-state index contributed by atoms with van der Waals surface area (Å²) in [7, 11) is 0. The van der Waals surface area contributed by atoms with E-state index in [9.17, 15) is 4.39 Å². The molecule has 8 heteroatoms. The Morgan fingerprint density at radius 1 is 1.19 bits per heavy atom. The standard InChI is InChI=1S/C19H15Cl2FN2OS2/c20-15-5-3-14(4-6-15)17(18(21)24-10-9-23-12-24)27-19(26)25-11-13-1-7-16(22)8-2-13/h1-10,12,17-18H,11H2. The zero-order valence-electron chi connectivity index (χ0n) is 14.0. The number of aromatic nitrogens is 2. The Morgan fingerprint density at radius 3 is 2.52 bits per heavy atom. The summed E-state index contributed by atoms with van der Waals surface area (Å²) in [6, 6.07) is 13.5. The number of hydrogen-bond donors (Lipinski definition) is 0. The molecule has 2 aromatic carbocycles. The molecule has 2 atom stereocenters. The van der Waals surface area contributed by atoms with E-state index in [-0.39, 0.29) is 17.7 Å². The van der Waals surface area contributed by atoms with Crippen LogP contribution in [0.15, 0.2) is 67.3 Å². The Morgan fingerprint density at radius 2 is 1.89 bits per heavy atom. The molecule has 0 bridgehead atoms. The molecule has 140 valence electrons.